The third-order valence-electron chi connectivity index (χ3n) is 2.51. The van der Waals surface area contributed by atoms with Crippen molar-refractivity contribution in [2.24, 2.45) is 5.73 Å². The molecule has 1 aliphatic rings. The summed E-state index contributed by atoms with van der Waals surface area (Å²) in [6.07, 6.45) is 2.38. The van der Waals surface area contributed by atoms with E-state index in [9.17, 15) is 0 Å². The van der Waals surface area contributed by atoms with Gasteiger partial charge < -0.3 is 10.2 Å². The number of aryl methyl sites for hydroxylation is 1. The monoisotopic (exact) mass is 151 g/mol. The lowest BCUT2D eigenvalue weighted by atomic mass is 10.1. The molecule has 11 heavy (non-hydrogen) atoms. The maximum absolute atomic E-state index is 5.65. The first-order chi connectivity index (χ1) is 5.27. The van der Waals surface area contributed by atoms with Gasteiger partial charge in [-0.05, 0) is 31.9 Å². The average molecular weight is 151 g/mol. The molecular weight excluding hydrogens is 138 g/mol. The number of furan rings is 1. The zero-order valence-corrected chi connectivity index (χ0v) is 6.76. The van der Waals surface area contributed by atoms with Crippen LogP contribution in [-0.2, 0) is 5.41 Å². The van der Waals surface area contributed by atoms with Gasteiger partial charge in [0.2, 0.25) is 0 Å². The molecule has 2 nitrogen and oxygen atoms in total. The van der Waals surface area contributed by atoms with Crippen molar-refractivity contribution in [2.45, 2.75) is 25.2 Å². The standard InChI is InChI=1S/C9H13NO/c1-7-2-3-8(11-7)9(6-10)4-5-9/h2-3H,4-6,10H2,1H3. The first-order valence-electron chi connectivity index (χ1n) is 4.04. The van der Waals surface area contributed by atoms with Crippen LogP contribution < -0.4 is 5.73 Å². The molecule has 0 spiro atoms. The van der Waals surface area contributed by atoms with Gasteiger partial charge in [0, 0.05) is 12.0 Å². The van der Waals surface area contributed by atoms with Crippen LogP contribution in [-0.4, -0.2) is 6.54 Å². The summed E-state index contributed by atoms with van der Waals surface area (Å²) in [7, 11) is 0. The Labute approximate surface area is 66.4 Å². The normalized spacial score (nSPS) is 20.2. The highest BCUT2D eigenvalue weighted by Crippen LogP contribution is 2.47. The van der Waals surface area contributed by atoms with Gasteiger partial charge in [0.15, 0.2) is 0 Å². The Kier molecular flexibility index (Phi) is 1.33. The number of nitrogens with two attached hydrogens (primary N) is 1. The molecule has 2 rings (SSSR count). The highest BCUT2D eigenvalue weighted by atomic mass is 16.3. The summed E-state index contributed by atoms with van der Waals surface area (Å²) in [6.45, 7) is 2.69. The van der Waals surface area contributed by atoms with Gasteiger partial charge in [-0.2, -0.15) is 0 Å². The lowest BCUT2D eigenvalue weighted by Crippen LogP contribution is -2.18. The van der Waals surface area contributed by atoms with Gasteiger partial charge in [-0.1, -0.05) is 0 Å². The second-order valence-corrected chi connectivity index (χ2v) is 3.39. The Morgan fingerprint density at radius 2 is 2.27 bits per heavy atom. The third-order valence-corrected chi connectivity index (χ3v) is 2.51. The molecule has 0 aliphatic heterocycles. The fraction of sp³-hybridized carbons (Fsp3) is 0.556. The van der Waals surface area contributed by atoms with Crippen LogP contribution in [0.3, 0.4) is 0 Å². The minimum atomic E-state index is 0.217. The molecule has 1 heterocycles. The van der Waals surface area contributed by atoms with Crippen molar-refractivity contribution in [3.63, 3.8) is 0 Å². The molecule has 1 aromatic rings. The molecule has 2 N–H and O–H groups in total. The molecule has 60 valence electrons. The van der Waals surface area contributed by atoms with Gasteiger partial charge in [-0.25, -0.2) is 0 Å². The molecular formula is C9H13NO. The van der Waals surface area contributed by atoms with Gasteiger partial charge in [0.1, 0.15) is 11.5 Å². The third kappa shape index (κ3) is 0.979. The summed E-state index contributed by atoms with van der Waals surface area (Å²) in [4.78, 5) is 0. The Morgan fingerprint density at radius 3 is 2.64 bits per heavy atom. The molecule has 1 saturated carbocycles. The van der Waals surface area contributed by atoms with E-state index in [1.54, 1.807) is 0 Å². The van der Waals surface area contributed by atoms with Gasteiger partial charge in [0.05, 0.1) is 0 Å². The van der Waals surface area contributed by atoms with E-state index in [2.05, 4.69) is 6.07 Å². The van der Waals surface area contributed by atoms with Crippen molar-refractivity contribution >= 4 is 0 Å². The van der Waals surface area contributed by atoms with Crippen LogP contribution in [0.25, 0.3) is 0 Å². The average Bonchev–Trinajstić information content (AvgIpc) is 2.70. The predicted molar refractivity (Wildman–Crippen MR) is 43.4 cm³/mol. The Morgan fingerprint density at radius 1 is 1.55 bits per heavy atom. The molecule has 0 saturated heterocycles. The molecule has 0 radical (unpaired) electrons. The molecule has 0 atom stereocenters. The summed E-state index contributed by atoms with van der Waals surface area (Å²) in [5.74, 6) is 2.07. The quantitative estimate of drug-likeness (QED) is 0.697. The molecule has 0 unspecified atom stereocenters. The zero-order chi connectivity index (χ0) is 7.90. The van der Waals surface area contributed by atoms with Crippen molar-refractivity contribution in [1.82, 2.24) is 0 Å². The van der Waals surface area contributed by atoms with E-state index in [-0.39, 0.29) is 5.41 Å². The Balaban J connectivity index is 2.29. The minimum absolute atomic E-state index is 0.217. The van der Waals surface area contributed by atoms with E-state index in [4.69, 9.17) is 10.2 Å². The number of hydrogen-bond acceptors (Lipinski definition) is 2. The van der Waals surface area contributed by atoms with Crippen molar-refractivity contribution in [3.05, 3.63) is 23.7 Å². The molecule has 1 aliphatic carbocycles. The van der Waals surface area contributed by atoms with Crippen molar-refractivity contribution in [1.29, 1.82) is 0 Å². The van der Waals surface area contributed by atoms with Crippen LogP contribution in [0.4, 0.5) is 0 Å². The number of rotatable bonds is 2. The Hall–Kier alpha value is -0.760. The zero-order valence-electron chi connectivity index (χ0n) is 6.76. The van der Waals surface area contributed by atoms with Gasteiger partial charge in [0.25, 0.3) is 0 Å². The van der Waals surface area contributed by atoms with E-state index in [1.165, 1.54) is 12.8 Å². The fourth-order valence-corrected chi connectivity index (χ4v) is 1.42. The summed E-state index contributed by atoms with van der Waals surface area (Å²) in [5, 5.41) is 0. The summed E-state index contributed by atoms with van der Waals surface area (Å²) in [5.41, 5.74) is 5.87. The van der Waals surface area contributed by atoms with Crippen molar-refractivity contribution < 1.29 is 4.42 Å². The first-order valence-corrected chi connectivity index (χ1v) is 4.04. The van der Waals surface area contributed by atoms with Crippen LogP contribution in [0.5, 0.6) is 0 Å². The van der Waals surface area contributed by atoms with E-state index >= 15 is 0 Å². The lowest BCUT2D eigenvalue weighted by Gasteiger charge is -2.06. The van der Waals surface area contributed by atoms with Crippen LogP contribution in [0.15, 0.2) is 16.5 Å². The maximum atomic E-state index is 5.65. The highest BCUT2D eigenvalue weighted by molar-refractivity contribution is 5.24. The molecule has 1 fully saturated rings. The second kappa shape index (κ2) is 2.11. The van der Waals surface area contributed by atoms with Crippen molar-refractivity contribution in [3.8, 4) is 0 Å². The molecule has 0 aromatic carbocycles. The highest BCUT2D eigenvalue weighted by Gasteiger charge is 2.45. The first kappa shape index (κ1) is 6.92. The van der Waals surface area contributed by atoms with E-state index in [0.717, 1.165) is 18.1 Å². The van der Waals surface area contributed by atoms with Crippen LogP contribution in [0.1, 0.15) is 24.4 Å². The van der Waals surface area contributed by atoms with Crippen molar-refractivity contribution in [2.75, 3.05) is 6.54 Å². The molecule has 0 amide bonds. The van der Waals surface area contributed by atoms with E-state index < -0.39 is 0 Å². The van der Waals surface area contributed by atoms with Crippen LogP contribution in [0, 0.1) is 6.92 Å². The van der Waals surface area contributed by atoms with Gasteiger partial charge in [-0.15, -0.1) is 0 Å². The minimum Gasteiger partial charge on any atom is -0.466 e. The topological polar surface area (TPSA) is 39.2 Å². The van der Waals surface area contributed by atoms with Gasteiger partial charge in [-0.3, -0.25) is 0 Å². The van der Waals surface area contributed by atoms with Crippen LogP contribution >= 0.6 is 0 Å². The lowest BCUT2D eigenvalue weighted by molar-refractivity contribution is 0.435. The second-order valence-electron chi connectivity index (χ2n) is 3.39. The largest absolute Gasteiger partial charge is 0.466 e. The number of hydrogen-bond donors (Lipinski definition) is 1. The van der Waals surface area contributed by atoms with Crippen LogP contribution in [0.2, 0.25) is 0 Å². The van der Waals surface area contributed by atoms with E-state index in [1.807, 2.05) is 13.0 Å². The maximum Gasteiger partial charge on any atom is 0.111 e. The molecule has 1 aromatic heterocycles. The predicted octanol–water partition coefficient (Wildman–Crippen LogP) is 1.58. The SMILES string of the molecule is Cc1ccc(C2(CN)CC2)o1. The fourth-order valence-electron chi connectivity index (χ4n) is 1.42. The summed E-state index contributed by atoms with van der Waals surface area (Å²) >= 11 is 0. The summed E-state index contributed by atoms with van der Waals surface area (Å²) < 4.78 is 5.52. The molecule has 0 bridgehead atoms. The smallest absolute Gasteiger partial charge is 0.111 e. The molecule has 2 heteroatoms. The van der Waals surface area contributed by atoms with Gasteiger partial charge >= 0.3 is 0 Å². The summed E-state index contributed by atoms with van der Waals surface area (Å²) in [6, 6.07) is 4.06. The van der Waals surface area contributed by atoms with E-state index in [0.29, 0.717) is 0 Å². The Bertz CT molecular complexity index is 260.